The van der Waals surface area contributed by atoms with Gasteiger partial charge in [-0.15, -0.1) is 0 Å². The molecule has 2 nitrogen and oxygen atoms in total. The van der Waals surface area contributed by atoms with Crippen LogP contribution < -0.4 is 0 Å². The van der Waals surface area contributed by atoms with Gasteiger partial charge in [0.15, 0.2) is 8.32 Å². The lowest BCUT2D eigenvalue weighted by atomic mass is 9.58. The van der Waals surface area contributed by atoms with Gasteiger partial charge in [0.2, 0.25) is 0 Å². The standard InChI is InChI=1S/C18H37BO2Si/c1-8-9-10-19-18-16(11-20-19)17(18)12-21-22(13(2)3,14(4)5)15(6)7/h13-18H,8-12H2,1-7H3/t16-,17-,18-/m1/s1. The van der Waals surface area contributed by atoms with Gasteiger partial charge < -0.3 is 9.08 Å². The summed E-state index contributed by atoms with van der Waals surface area (Å²) in [5, 5.41) is 0. The molecule has 0 aromatic carbocycles. The van der Waals surface area contributed by atoms with Gasteiger partial charge in [-0.05, 0) is 40.6 Å². The summed E-state index contributed by atoms with van der Waals surface area (Å²) in [7, 11) is -1.69. The number of unbranched alkanes of at least 4 members (excludes halogenated alkanes) is 1. The Morgan fingerprint density at radius 2 is 1.68 bits per heavy atom. The fraction of sp³-hybridized carbons (Fsp3) is 1.00. The van der Waals surface area contributed by atoms with Crippen LogP contribution in [0.1, 0.15) is 61.3 Å². The number of hydrogen-bond donors (Lipinski definition) is 0. The van der Waals surface area contributed by atoms with Gasteiger partial charge in [0.25, 0.3) is 6.92 Å². The van der Waals surface area contributed by atoms with E-state index >= 15 is 0 Å². The van der Waals surface area contributed by atoms with E-state index in [1.54, 1.807) is 0 Å². The first-order chi connectivity index (χ1) is 10.4. The van der Waals surface area contributed by atoms with Crippen molar-refractivity contribution < 1.29 is 9.08 Å². The average molecular weight is 324 g/mol. The van der Waals surface area contributed by atoms with E-state index in [2.05, 4.69) is 48.5 Å². The van der Waals surface area contributed by atoms with Crippen molar-refractivity contribution in [2.75, 3.05) is 13.2 Å². The molecule has 1 heterocycles. The first kappa shape index (κ1) is 18.5. The topological polar surface area (TPSA) is 18.5 Å². The van der Waals surface area contributed by atoms with Crippen molar-refractivity contribution in [3.05, 3.63) is 0 Å². The van der Waals surface area contributed by atoms with Crippen LogP contribution in [0.3, 0.4) is 0 Å². The maximum Gasteiger partial charge on any atom is 0.296 e. The molecule has 0 N–H and O–H groups in total. The third-order valence-electron chi connectivity index (χ3n) is 6.40. The Balaban J connectivity index is 1.92. The summed E-state index contributed by atoms with van der Waals surface area (Å²) in [5.41, 5.74) is 2.08. The Kier molecular flexibility index (Phi) is 6.23. The second-order valence-electron chi connectivity index (χ2n) is 8.55. The van der Waals surface area contributed by atoms with Gasteiger partial charge in [-0.25, -0.2) is 0 Å². The maximum absolute atomic E-state index is 6.81. The Morgan fingerprint density at radius 3 is 2.18 bits per heavy atom. The Morgan fingerprint density at radius 1 is 1.09 bits per heavy atom. The monoisotopic (exact) mass is 324 g/mol. The van der Waals surface area contributed by atoms with Crippen molar-refractivity contribution in [2.24, 2.45) is 11.8 Å². The van der Waals surface area contributed by atoms with E-state index in [1.165, 1.54) is 19.2 Å². The smallest absolute Gasteiger partial charge is 0.296 e. The molecular weight excluding hydrogens is 287 g/mol. The van der Waals surface area contributed by atoms with E-state index in [0.717, 1.165) is 30.9 Å². The van der Waals surface area contributed by atoms with E-state index in [4.69, 9.17) is 9.08 Å². The van der Waals surface area contributed by atoms with E-state index in [0.29, 0.717) is 23.5 Å². The normalized spacial score (nSPS) is 28.1. The first-order valence-corrected chi connectivity index (χ1v) is 11.8. The van der Waals surface area contributed by atoms with Crippen molar-refractivity contribution >= 4 is 15.2 Å². The van der Waals surface area contributed by atoms with Crippen LogP contribution in [0.2, 0.25) is 28.8 Å². The molecule has 4 heteroatoms. The molecule has 0 radical (unpaired) electrons. The minimum absolute atomic E-state index is 0.534. The molecule has 0 unspecified atom stereocenters. The lowest BCUT2D eigenvalue weighted by Gasteiger charge is -2.42. The van der Waals surface area contributed by atoms with Gasteiger partial charge in [0.1, 0.15) is 0 Å². The fourth-order valence-corrected chi connectivity index (χ4v) is 10.7. The average Bonchev–Trinajstić information content (AvgIpc) is 2.96. The van der Waals surface area contributed by atoms with Gasteiger partial charge in [-0.1, -0.05) is 61.3 Å². The second-order valence-corrected chi connectivity index (χ2v) is 14.0. The van der Waals surface area contributed by atoms with Crippen molar-refractivity contribution in [3.8, 4) is 0 Å². The molecule has 1 aliphatic heterocycles. The molecule has 0 amide bonds. The van der Waals surface area contributed by atoms with Crippen molar-refractivity contribution in [1.29, 1.82) is 0 Å². The van der Waals surface area contributed by atoms with Crippen LogP contribution in [0.5, 0.6) is 0 Å². The Bertz CT molecular complexity index is 337. The summed E-state index contributed by atoms with van der Waals surface area (Å²) < 4.78 is 12.8. The summed E-state index contributed by atoms with van der Waals surface area (Å²) in [4.78, 5) is 0. The minimum Gasteiger partial charge on any atom is -0.435 e. The highest BCUT2D eigenvalue weighted by Gasteiger charge is 2.61. The Hall–Kier alpha value is 0.202. The molecule has 1 aliphatic carbocycles. The maximum atomic E-state index is 6.81. The second kappa shape index (κ2) is 7.40. The number of fused-ring (bicyclic) bond motifs is 1. The highest BCUT2D eigenvalue weighted by atomic mass is 28.4. The molecule has 2 fully saturated rings. The lowest BCUT2D eigenvalue weighted by molar-refractivity contribution is 0.232. The molecule has 2 rings (SSSR count). The predicted molar refractivity (Wildman–Crippen MR) is 99.2 cm³/mol. The molecule has 1 saturated carbocycles. The molecule has 1 saturated heterocycles. The van der Waals surface area contributed by atoms with Gasteiger partial charge >= 0.3 is 0 Å². The van der Waals surface area contributed by atoms with Gasteiger partial charge in [-0.3, -0.25) is 0 Å². The van der Waals surface area contributed by atoms with E-state index in [1.807, 2.05) is 0 Å². The molecule has 0 bridgehead atoms. The third-order valence-corrected chi connectivity index (χ3v) is 12.5. The van der Waals surface area contributed by atoms with Gasteiger partial charge in [0.05, 0.1) is 0 Å². The van der Waals surface area contributed by atoms with E-state index in [-0.39, 0.29) is 0 Å². The van der Waals surface area contributed by atoms with Crippen molar-refractivity contribution in [1.82, 2.24) is 0 Å². The van der Waals surface area contributed by atoms with Gasteiger partial charge in [-0.2, -0.15) is 0 Å². The van der Waals surface area contributed by atoms with Crippen LogP contribution in [0, 0.1) is 11.8 Å². The van der Waals surface area contributed by atoms with Crippen LogP contribution in [0.15, 0.2) is 0 Å². The molecular formula is C18H37BO2Si. The van der Waals surface area contributed by atoms with Crippen molar-refractivity contribution in [2.45, 2.75) is 90.1 Å². The van der Waals surface area contributed by atoms with E-state index in [9.17, 15) is 0 Å². The molecule has 0 aromatic heterocycles. The minimum atomic E-state index is -1.69. The summed E-state index contributed by atoms with van der Waals surface area (Å²) in [6.45, 7) is 19.1. The van der Waals surface area contributed by atoms with Crippen LogP contribution in [-0.2, 0) is 9.08 Å². The zero-order valence-electron chi connectivity index (χ0n) is 15.9. The Labute approximate surface area is 140 Å². The zero-order chi connectivity index (χ0) is 16.5. The highest BCUT2D eigenvalue weighted by molar-refractivity contribution is 6.77. The SMILES string of the molecule is CCCCB1OC[C@@H]2[C@@H](CO[Si](C(C)C)(C(C)C)C(C)C)[C@H]12. The van der Waals surface area contributed by atoms with Crippen molar-refractivity contribution in [3.63, 3.8) is 0 Å². The van der Waals surface area contributed by atoms with Gasteiger partial charge in [0, 0.05) is 13.2 Å². The molecule has 2 aliphatic rings. The molecule has 0 spiro atoms. The summed E-state index contributed by atoms with van der Waals surface area (Å²) in [6, 6.07) is 0. The predicted octanol–water partition coefficient (Wildman–Crippen LogP) is 5.62. The largest absolute Gasteiger partial charge is 0.435 e. The molecule has 0 aromatic rings. The molecule has 3 atom stereocenters. The highest BCUT2D eigenvalue weighted by Crippen LogP contribution is 2.60. The summed E-state index contributed by atoms with van der Waals surface area (Å²) in [5.74, 6) is 2.41. The quantitative estimate of drug-likeness (QED) is 0.513. The molecule has 128 valence electrons. The third kappa shape index (κ3) is 3.34. The zero-order valence-corrected chi connectivity index (χ0v) is 16.9. The van der Waals surface area contributed by atoms with E-state index < -0.39 is 8.32 Å². The van der Waals surface area contributed by atoms with Crippen LogP contribution in [0.25, 0.3) is 0 Å². The lowest BCUT2D eigenvalue weighted by Crippen LogP contribution is -2.48. The number of hydrogen-bond acceptors (Lipinski definition) is 2. The molecule has 22 heavy (non-hydrogen) atoms. The fourth-order valence-electron chi connectivity index (χ4n) is 5.26. The first-order valence-electron chi connectivity index (χ1n) is 9.61. The van der Waals surface area contributed by atoms with Crippen LogP contribution in [-0.4, -0.2) is 28.4 Å². The number of rotatable bonds is 9. The van der Waals surface area contributed by atoms with Crippen LogP contribution in [0.4, 0.5) is 0 Å². The van der Waals surface area contributed by atoms with Crippen LogP contribution >= 0.6 is 0 Å². The summed E-state index contributed by atoms with van der Waals surface area (Å²) in [6.07, 6.45) is 3.85. The summed E-state index contributed by atoms with van der Waals surface area (Å²) >= 11 is 0.